The molecule has 4 aromatic rings. The van der Waals surface area contributed by atoms with Crippen molar-refractivity contribution in [3.63, 3.8) is 0 Å². The third kappa shape index (κ3) is 4.08. The van der Waals surface area contributed by atoms with Crippen molar-refractivity contribution < 1.29 is 19.2 Å². The average Bonchev–Trinajstić information content (AvgIpc) is 3.70. The zero-order valence-electron chi connectivity index (χ0n) is 21.0. The summed E-state index contributed by atoms with van der Waals surface area (Å²) in [6.45, 7) is 1.86. The van der Waals surface area contributed by atoms with Crippen LogP contribution in [0.4, 0.5) is 11.4 Å². The van der Waals surface area contributed by atoms with Crippen LogP contribution in [0.3, 0.4) is 0 Å². The Bertz CT molecular complexity index is 1500. The molecular weight excluding hydrogens is 476 g/mol. The average molecular weight is 505 g/mol. The first-order chi connectivity index (χ1) is 18.5. The number of aryl methyl sites for hydroxylation is 1. The smallest absolute Gasteiger partial charge is 0.311 e. The number of allylic oxidation sites excluding steroid dienone is 4. The number of hydrogen-bond acceptors (Lipinski definition) is 5. The quantitative estimate of drug-likeness (QED) is 0.241. The molecule has 190 valence electrons. The van der Waals surface area contributed by atoms with Crippen LogP contribution in [0.15, 0.2) is 114 Å². The van der Waals surface area contributed by atoms with Gasteiger partial charge in [0, 0.05) is 17.7 Å². The molecule has 0 spiro atoms. The van der Waals surface area contributed by atoms with E-state index in [1.807, 2.05) is 91.9 Å². The monoisotopic (exact) mass is 504 g/mol. The number of benzene rings is 3. The molecule has 38 heavy (non-hydrogen) atoms. The van der Waals surface area contributed by atoms with Crippen LogP contribution < -0.4 is 10.1 Å². The van der Waals surface area contributed by atoms with Crippen molar-refractivity contribution in [2.24, 2.45) is 5.41 Å². The Kier molecular flexibility index (Phi) is 5.87. The number of nitrogens with zero attached hydrogens (tertiary/aromatic N) is 1. The van der Waals surface area contributed by atoms with Gasteiger partial charge in [0.15, 0.2) is 5.76 Å². The molecule has 3 aromatic carbocycles. The van der Waals surface area contributed by atoms with E-state index in [4.69, 9.17) is 9.26 Å². The number of anilines is 2. The summed E-state index contributed by atoms with van der Waals surface area (Å²) >= 11 is 0. The fraction of sp³-hybridized carbons (Fsp3) is 0.188. The lowest BCUT2D eigenvalue weighted by molar-refractivity contribution is -0.145. The second-order valence-electron chi connectivity index (χ2n) is 9.95. The summed E-state index contributed by atoms with van der Waals surface area (Å²) in [5.74, 6) is 1.15. The van der Waals surface area contributed by atoms with E-state index in [9.17, 15) is 9.90 Å². The maximum Gasteiger partial charge on any atom is 0.311 e. The van der Waals surface area contributed by atoms with Crippen molar-refractivity contribution in [3.05, 3.63) is 126 Å². The van der Waals surface area contributed by atoms with Crippen molar-refractivity contribution in [1.29, 1.82) is 0 Å². The number of para-hydroxylation sites is 1. The third-order valence-corrected chi connectivity index (χ3v) is 7.59. The summed E-state index contributed by atoms with van der Waals surface area (Å²) in [7, 11) is 0. The van der Waals surface area contributed by atoms with Gasteiger partial charge in [-0.15, -0.1) is 0 Å². The number of aliphatic carboxylic acids is 1. The molecular formula is C32H28N2O4. The first kappa shape index (κ1) is 23.8. The highest BCUT2D eigenvalue weighted by Gasteiger charge is 2.66. The van der Waals surface area contributed by atoms with E-state index in [0.717, 1.165) is 17.0 Å². The standard InChI is InChI=1S/C32H28N2O4/c1-22-28(33-25-11-8-14-27(21-25)37-26-12-6-3-7-13-26)29(38-34-22)31(32(19-20-32)30(35)36)17-15-24(16-18-31)23-9-4-2-5-10-23/h2-18,21,24,33H,19-20H2,1H3,(H,35,36). The molecule has 0 radical (unpaired) electrons. The summed E-state index contributed by atoms with van der Waals surface area (Å²) in [5, 5.41) is 18.1. The number of carboxylic acid groups (broad SMARTS) is 1. The number of aromatic nitrogens is 1. The number of ether oxygens (including phenoxy) is 1. The van der Waals surface area contributed by atoms with Crippen LogP contribution in [0.2, 0.25) is 0 Å². The molecule has 1 aromatic heterocycles. The highest BCUT2D eigenvalue weighted by molar-refractivity contribution is 5.83. The molecule has 2 aliphatic rings. The molecule has 1 heterocycles. The normalized spacial score (nSPS) is 21.1. The summed E-state index contributed by atoms with van der Waals surface area (Å²) in [4.78, 5) is 12.6. The lowest BCUT2D eigenvalue weighted by Crippen LogP contribution is -2.40. The number of hydrogen-bond donors (Lipinski definition) is 2. The van der Waals surface area contributed by atoms with Gasteiger partial charge in [0.25, 0.3) is 0 Å². The largest absolute Gasteiger partial charge is 0.481 e. The van der Waals surface area contributed by atoms with Gasteiger partial charge in [0.1, 0.15) is 22.9 Å². The summed E-state index contributed by atoms with van der Waals surface area (Å²) in [6, 6.07) is 27.4. The van der Waals surface area contributed by atoms with E-state index in [0.29, 0.717) is 35.7 Å². The fourth-order valence-corrected chi connectivity index (χ4v) is 5.35. The molecule has 1 saturated carbocycles. The van der Waals surface area contributed by atoms with Gasteiger partial charge in [-0.3, -0.25) is 4.79 Å². The Morgan fingerprint density at radius 2 is 1.61 bits per heavy atom. The zero-order valence-corrected chi connectivity index (χ0v) is 21.0. The molecule has 2 N–H and O–H groups in total. The Morgan fingerprint density at radius 1 is 0.947 bits per heavy atom. The maximum atomic E-state index is 12.6. The molecule has 6 rings (SSSR count). The van der Waals surface area contributed by atoms with Gasteiger partial charge in [0.2, 0.25) is 0 Å². The molecule has 2 aliphatic carbocycles. The first-order valence-electron chi connectivity index (χ1n) is 12.7. The highest BCUT2D eigenvalue weighted by atomic mass is 16.5. The Labute approximate surface area is 221 Å². The minimum atomic E-state index is -0.984. The Balaban J connectivity index is 1.36. The van der Waals surface area contributed by atoms with Gasteiger partial charge in [-0.25, -0.2) is 0 Å². The fourth-order valence-electron chi connectivity index (χ4n) is 5.35. The second kappa shape index (κ2) is 9.38. The lowest BCUT2D eigenvalue weighted by atomic mass is 9.66. The van der Waals surface area contributed by atoms with Crippen LogP contribution >= 0.6 is 0 Å². The third-order valence-electron chi connectivity index (χ3n) is 7.59. The Morgan fingerprint density at radius 3 is 2.26 bits per heavy atom. The van der Waals surface area contributed by atoms with E-state index >= 15 is 0 Å². The van der Waals surface area contributed by atoms with Crippen molar-refractivity contribution in [2.75, 3.05) is 5.32 Å². The maximum absolute atomic E-state index is 12.6. The zero-order chi connectivity index (χ0) is 26.2. The van der Waals surface area contributed by atoms with Crippen LogP contribution in [0.1, 0.15) is 35.8 Å². The minimum Gasteiger partial charge on any atom is -0.481 e. The molecule has 0 unspecified atom stereocenters. The van der Waals surface area contributed by atoms with Crippen molar-refractivity contribution >= 4 is 17.3 Å². The van der Waals surface area contributed by atoms with E-state index in [-0.39, 0.29) is 5.92 Å². The SMILES string of the molecule is Cc1noc(C2(C3(C(=O)O)CC3)C=CC(c3ccccc3)C=C2)c1Nc1cccc(Oc2ccccc2)c1. The van der Waals surface area contributed by atoms with Crippen molar-refractivity contribution in [3.8, 4) is 11.5 Å². The van der Waals surface area contributed by atoms with Crippen molar-refractivity contribution in [2.45, 2.75) is 31.1 Å². The molecule has 0 atom stereocenters. The summed E-state index contributed by atoms with van der Waals surface area (Å²) in [6.07, 6.45) is 9.29. The van der Waals surface area contributed by atoms with E-state index in [1.165, 1.54) is 0 Å². The van der Waals surface area contributed by atoms with E-state index in [1.54, 1.807) is 0 Å². The predicted molar refractivity (Wildman–Crippen MR) is 146 cm³/mol. The van der Waals surface area contributed by atoms with E-state index in [2.05, 4.69) is 34.8 Å². The highest BCUT2D eigenvalue weighted by Crippen LogP contribution is 2.63. The van der Waals surface area contributed by atoms with Gasteiger partial charge >= 0.3 is 5.97 Å². The van der Waals surface area contributed by atoms with Crippen LogP contribution in [-0.2, 0) is 10.2 Å². The molecule has 1 fully saturated rings. The van der Waals surface area contributed by atoms with Gasteiger partial charge in [-0.1, -0.05) is 84.1 Å². The summed E-state index contributed by atoms with van der Waals surface area (Å²) in [5.41, 5.74) is 1.31. The van der Waals surface area contributed by atoms with Gasteiger partial charge in [0.05, 0.1) is 10.8 Å². The van der Waals surface area contributed by atoms with Crippen LogP contribution in [0, 0.1) is 12.3 Å². The molecule has 0 saturated heterocycles. The van der Waals surface area contributed by atoms with Gasteiger partial charge < -0.3 is 19.7 Å². The van der Waals surface area contributed by atoms with Gasteiger partial charge in [-0.05, 0) is 49.6 Å². The molecule has 0 bridgehead atoms. The lowest BCUT2D eigenvalue weighted by Gasteiger charge is -2.35. The Hall–Kier alpha value is -4.58. The number of carbonyl (C=O) groups is 1. The van der Waals surface area contributed by atoms with Crippen molar-refractivity contribution in [1.82, 2.24) is 5.16 Å². The predicted octanol–water partition coefficient (Wildman–Crippen LogP) is 7.53. The van der Waals surface area contributed by atoms with E-state index < -0.39 is 16.8 Å². The van der Waals surface area contributed by atoms with Crippen LogP contribution in [0.5, 0.6) is 11.5 Å². The number of nitrogens with one attached hydrogen (secondary N) is 1. The molecule has 0 aliphatic heterocycles. The number of rotatable bonds is 8. The van der Waals surface area contributed by atoms with Gasteiger partial charge in [-0.2, -0.15) is 0 Å². The topological polar surface area (TPSA) is 84.6 Å². The number of carboxylic acids is 1. The molecule has 0 amide bonds. The first-order valence-corrected chi connectivity index (χ1v) is 12.7. The summed E-state index contributed by atoms with van der Waals surface area (Å²) < 4.78 is 11.9. The van der Waals surface area contributed by atoms with Crippen LogP contribution in [0.25, 0.3) is 0 Å². The molecule has 6 heteroatoms. The van der Waals surface area contributed by atoms with Crippen LogP contribution in [-0.4, -0.2) is 16.2 Å². The minimum absolute atomic E-state index is 0.0566. The second-order valence-corrected chi connectivity index (χ2v) is 9.95. The molecule has 6 nitrogen and oxygen atoms in total.